The number of thiazole rings is 1. The van der Waals surface area contributed by atoms with E-state index in [1.54, 1.807) is 30.5 Å². The third-order valence-corrected chi connectivity index (χ3v) is 4.12. The predicted molar refractivity (Wildman–Crippen MR) is 91.6 cm³/mol. The van der Waals surface area contributed by atoms with E-state index in [4.69, 9.17) is 0 Å². The molecule has 0 bridgehead atoms. The van der Waals surface area contributed by atoms with Crippen molar-refractivity contribution >= 4 is 17.3 Å². The largest absolute Gasteiger partial charge is 0.435 e. The number of aromatic nitrogens is 1. The van der Waals surface area contributed by atoms with E-state index < -0.39 is 6.61 Å². The highest BCUT2D eigenvalue weighted by molar-refractivity contribution is 7.11. The summed E-state index contributed by atoms with van der Waals surface area (Å²) in [4.78, 5) is 11.7. The molecular formula is C16H20F2N4OS. The third kappa shape index (κ3) is 5.45. The number of nitrogens with one attached hydrogen (secondary N) is 1. The Morgan fingerprint density at radius 2 is 2.08 bits per heavy atom. The summed E-state index contributed by atoms with van der Waals surface area (Å²) in [7, 11) is 3.62. The Morgan fingerprint density at radius 1 is 1.38 bits per heavy atom. The van der Waals surface area contributed by atoms with Crippen LogP contribution in [0.5, 0.6) is 5.75 Å². The van der Waals surface area contributed by atoms with Gasteiger partial charge in [-0.15, -0.1) is 11.3 Å². The second kappa shape index (κ2) is 8.58. The lowest BCUT2D eigenvalue weighted by Crippen LogP contribution is -2.38. The molecule has 0 aliphatic rings. The van der Waals surface area contributed by atoms with E-state index in [2.05, 4.69) is 20.0 Å². The zero-order valence-corrected chi connectivity index (χ0v) is 14.6. The van der Waals surface area contributed by atoms with Crippen molar-refractivity contribution in [1.82, 2.24) is 15.2 Å². The molecular weight excluding hydrogens is 334 g/mol. The molecule has 1 heterocycles. The molecule has 1 aromatic carbocycles. The summed E-state index contributed by atoms with van der Waals surface area (Å²) in [6, 6.07) is 6.57. The zero-order valence-electron chi connectivity index (χ0n) is 13.8. The van der Waals surface area contributed by atoms with Crippen molar-refractivity contribution < 1.29 is 13.5 Å². The number of benzene rings is 1. The van der Waals surface area contributed by atoms with Gasteiger partial charge in [0.2, 0.25) is 0 Å². The summed E-state index contributed by atoms with van der Waals surface area (Å²) >= 11 is 1.64. The summed E-state index contributed by atoms with van der Waals surface area (Å²) in [6.45, 7) is 0.405. The number of halogens is 2. The molecule has 8 heteroatoms. The molecule has 0 fully saturated rings. The van der Waals surface area contributed by atoms with Crippen molar-refractivity contribution in [3.05, 3.63) is 45.9 Å². The highest BCUT2D eigenvalue weighted by Gasteiger charge is 2.09. The molecule has 0 unspecified atom stereocenters. The summed E-state index contributed by atoms with van der Waals surface area (Å²) in [5.41, 5.74) is 0.965. The Bertz CT molecular complexity index is 673. The number of hydrogen-bond donors (Lipinski definition) is 1. The normalized spacial score (nSPS) is 11.7. The standard InChI is InChI=1S/C16H20F2N4OS/c1-11-8-20-14(24-11)9-21-16(19-2)22(3)10-12-4-6-13(7-5-12)23-15(17)18/h4-8,15H,9-10H2,1-3H3,(H,19,21). The first-order valence-corrected chi connectivity index (χ1v) is 8.16. The molecule has 0 aliphatic heterocycles. The lowest BCUT2D eigenvalue weighted by molar-refractivity contribution is -0.0498. The monoisotopic (exact) mass is 354 g/mol. The first-order chi connectivity index (χ1) is 11.5. The molecule has 0 aliphatic carbocycles. The molecule has 0 atom stereocenters. The number of nitrogens with zero attached hydrogens (tertiary/aromatic N) is 3. The van der Waals surface area contributed by atoms with Crippen molar-refractivity contribution in [3.63, 3.8) is 0 Å². The van der Waals surface area contributed by atoms with Crippen LogP contribution >= 0.6 is 11.3 Å². The van der Waals surface area contributed by atoms with Crippen LogP contribution in [0.25, 0.3) is 0 Å². The first kappa shape index (κ1) is 18.1. The van der Waals surface area contributed by atoms with Crippen LogP contribution in [-0.2, 0) is 13.1 Å². The van der Waals surface area contributed by atoms with Crippen LogP contribution in [0.3, 0.4) is 0 Å². The van der Waals surface area contributed by atoms with E-state index in [-0.39, 0.29) is 5.75 Å². The molecule has 2 rings (SSSR count). The van der Waals surface area contributed by atoms with E-state index in [9.17, 15) is 8.78 Å². The van der Waals surface area contributed by atoms with Crippen LogP contribution in [0.15, 0.2) is 35.5 Å². The van der Waals surface area contributed by atoms with Crippen LogP contribution in [0.4, 0.5) is 8.78 Å². The maximum Gasteiger partial charge on any atom is 0.387 e. The van der Waals surface area contributed by atoms with Crippen molar-refractivity contribution in [2.24, 2.45) is 4.99 Å². The van der Waals surface area contributed by atoms with E-state index in [1.807, 2.05) is 25.1 Å². The number of alkyl halides is 2. The van der Waals surface area contributed by atoms with Gasteiger partial charge in [-0.3, -0.25) is 4.99 Å². The highest BCUT2D eigenvalue weighted by Crippen LogP contribution is 2.16. The van der Waals surface area contributed by atoms with Gasteiger partial charge in [-0.1, -0.05) is 12.1 Å². The number of ether oxygens (including phenoxy) is 1. The fraction of sp³-hybridized carbons (Fsp3) is 0.375. The van der Waals surface area contributed by atoms with E-state index in [0.717, 1.165) is 16.5 Å². The topological polar surface area (TPSA) is 49.8 Å². The second-order valence-electron chi connectivity index (χ2n) is 5.14. The summed E-state index contributed by atoms with van der Waals surface area (Å²) in [5.74, 6) is 0.883. The summed E-state index contributed by atoms with van der Waals surface area (Å²) in [6.07, 6.45) is 1.84. The lowest BCUT2D eigenvalue weighted by atomic mass is 10.2. The maximum atomic E-state index is 12.2. The van der Waals surface area contributed by atoms with Crippen molar-refractivity contribution in [1.29, 1.82) is 0 Å². The molecule has 130 valence electrons. The van der Waals surface area contributed by atoms with Crippen molar-refractivity contribution in [3.8, 4) is 5.75 Å². The Kier molecular flexibility index (Phi) is 6.48. The minimum absolute atomic E-state index is 0.151. The van der Waals surface area contributed by atoms with Crippen LogP contribution in [0.1, 0.15) is 15.4 Å². The highest BCUT2D eigenvalue weighted by atomic mass is 32.1. The average Bonchev–Trinajstić information content (AvgIpc) is 2.95. The smallest absolute Gasteiger partial charge is 0.387 e. The molecule has 0 saturated carbocycles. The molecule has 5 nitrogen and oxygen atoms in total. The molecule has 0 amide bonds. The number of aryl methyl sites for hydroxylation is 1. The molecule has 1 N–H and O–H groups in total. The molecule has 2 aromatic rings. The van der Waals surface area contributed by atoms with Crippen LogP contribution < -0.4 is 10.1 Å². The van der Waals surface area contributed by atoms with Gasteiger partial charge in [0.25, 0.3) is 0 Å². The maximum absolute atomic E-state index is 12.2. The molecule has 1 aromatic heterocycles. The molecule has 0 spiro atoms. The fourth-order valence-corrected chi connectivity index (χ4v) is 2.87. The number of rotatable bonds is 6. The van der Waals surface area contributed by atoms with Gasteiger partial charge >= 0.3 is 6.61 Å². The quantitative estimate of drug-likeness (QED) is 0.639. The summed E-state index contributed by atoms with van der Waals surface area (Å²) < 4.78 is 28.6. The Labute approximate surface area is 144 Å². The Hall–Kier alpha value is -2.22. The summed E-state index contributed by atoms with van der Waals surface area (Å²) in [5, 5.41) is 4.25. The second-order valence-corrected chi connectivity index (χ2v) is 6.46. The van der Waals surface area contributed by atoms with Gasteiger partial charge in [-0.25, -0.2) is 4.98 Å². The number of hydrogen-bond acceptors (Lipinski definition) is 4. The van der Waals surface area contributed by atoms with Gasteiger partial charge in [0.1, 0.15) is 10.8 Å². The van der Waals surface area contributed by atoms with Gasteiger partial charge in [-0.05, 0) is 24.6 Å². The first-order valence-electron chi connectivity index (χ1n) is 7.34. The minimum atomic E-state index is -2.81. The van der Waals surface area contributed by atoms with Gasteiger partial charge in [-0.2, -0.15) is 8.78 Å². The van der Waals surface area contributed by atoms with Crippen molar-refractivity contribution in [2.75, 3.05) is 14.1 Å². The third-order valence-electron chi connectivity index (χ3n) is 3.21. The fourth-order valence-electron chi connectivity index (χ4n) is 2.15. The van der Waals surface area contributed by atoms with Crippen LogP contribution in [0, 0.1) is 6.92 Å². The number of guanidine groups is 1. The molecule has 0 radical (unpaired) electrons. The van der Waals surface area contributed by atoms with Crippen molar-refractivity contribution in [2.45, 2.75) is 26.6 Å². The Morgan fingerprint density at radius 3 is 2.62 bits per heavy atom. The lowest BCUT2D eigenvalue weighted by Gasteiger charge is -2.22. The van der Waals surface area contributed by atoms with Gasteiger partial charge in [0, 0.05) is 31.7 Å². The number of aliphatic imine (C=N–C) groups is 1. The predicted octanol–water partition coefficient (Wildman–Crippen LogP) is 3.26. The molecule has 24 heavy (non-hydrogen) atoms. The molecule has 0 saturated heterocycles. The zero-order chi connectivity index (χ0) is 17.5. The Balaban J connectivity index is 1.90. The van der Waals surface area contributed by atoms with Crippen LogP contribution in [0.2, 0.25) is 0 Å². The van der Waals surface area contributed by atoms with E-state index in [0.29, 0.717) is 13.1 Å². The van der Waals surface area contributed by atoms with Gasteiger partial charge < -0.3 is 15.0 Å². The SMILES string of the molecule is CN=C(NCc1ncc(C)s1)N(C)Cc1ccc(OC(F)F)cc1. The van der Waals surface area contributed by atoms with E-state index >= 15 is 0 Å². The van der Waals surface area contributed by atoms with E-state index in [1.165, 1.54) is 17.0 Å². The van der Waals surface area contributed by atoms with Gasteiger partial charge in [0.15, 0.2) is 5.96 Å². The van der Waals surface area contributed by atoms with Crippen LogP contribution in [-0.4, -0.2) is 36.6 Å². The van der Waals surface area contributed by atoms with Gasteiger partial charge in [0.05, 0.1) is 6.54 Å². The average molecular weight is 354 g/mol. The minimum Gasteiger partial charge on any atom is -0.435 e.